The molecule has 0 aliphatic heterocycles. The van der Waals surface area contributed by atoms with Crippen molar-refractivity contribution in [2.75, 3.05) is 40.3 Å². The zero-order valence-electron chi connectivity index (χ0n) is 16.6. The average molecular weight is 357 g/mol. The number of amides is 2. The standard InChI is InChI=1S/C17H35N5O3/c1-7-8-10-18-15(21-13-14(23)22(5)6)19-11-9-12-20-16(24)25-17(2,3)4/h7-13H2,1-6H3,(H,20,24)(H2,18,19,21). The largest absolute Gasteiger partial charge is 0.444 e. The number of unbranched alkanes of at least 4 members (excludes halogenated alkanes) is 1. The third-order valence-corrected chi connectivity index (χ3v) is 3.01. The molecule has 8 nitrogen and oxygen atoms in total. The van der Waals surface area contributed by atoms with Crippen molar-refractivity contribution in [1.82, 2.24) is 20.9 Å². The van der Waals surface area contributed by atoms with Crippen molar-refractivity contribution in [2.24, 2.45) is 4.99 Å². The second kappa shape index (κ2) is 12.4. The highest BCUT2D eigenvalue weighted by molar-refractivity contribution is 5.84. The van der Waals surface area contributed by atoms with Gasteiger partial charge >= 0.3 is 6.09 Å². The summed E-state index contributed by atoms with van der Waals surface area (Å²) in [4.78, 5) is 29.0. The molecule has 25 heavy (non-hydrogen) atoms. The number of hydrogen-bond acceptors (Lipinski definition) is 4. The van der Waals surface area contributed by atoms with Crippen LogP contribution in [0.3, 0.4) is 0 Å². The second-order valence-electron chi connectivity index (χ2n) is 6.94. The molecule has 0 saturated heterocycles. The maximum atomic E-state index is 11.6. The number of ether oxygens (including phenoxy) is 1. The summed E-state index contributed by atoms with van der Waals surface area (Å²) in [5.41, 5.74) is -0.496. The van der Waals surface area contributed by atoms with Gasteiger partial charge in [-0.2, -0.15) is 0 Å². The lowest BCUT2D eigenvalue weighted by atomic mass is 10.2. The van der Waals surface area contributed by atoms with Gasteiger partial charge in [0.25, 0.3) is 0 Å². The van der Waals surface area contributed by atoms with Crippen molar-refractivity contribution >= 4 is 18.0 Å². The van der Waals surface area contributed by atoms with E-state index in [0.29, 0.717) is 19.0 Å². The maximum Gasteiger partial charge on any atom is 0.407 e. The first kappa shape index (κ1) is 23.0. The van der Waals surface area contributed by atoms with E-state index >= 15 is 0 Å². The van der Waals surface area contributed by atoms with Crippen LogP contribution in [0.25, 0.3) is 0 Å². The molecule has 0 aliphatic rings. The van der Waals surface area contributed by atoms with Crippen LogP contribution < -0.4 is 16.0 Å². The van der Waals surface area contributed by atoms with Gasteiger partial charge in [-0.15, -0.1) is 0 Å². The molecule has 0 radical (unpaired) electrons. The third kappa shape index (κ3) is 14.1. The molecule has 0 bridgehead atoms. The lowest BCUT2D eigenvalue weighted by Gasteiger charge is -2.19. The first-order valence-electron chi connectivity index (χ1n) is 8.85. The van der Waals surface area contributed by atoms with Crippen LogP contribution in [-0.2, 0) is 9.53 Å². The Bertz CT molecular complexity index is 430. The summed E-state index contributed by atoms with van der Waals surface area (Å²) in [5.74, 6) is 0.559. The van der Waals surface area contributed by atoms with E-state index in [-0.39, 0.29) is 12.5 Å². The summed E-state index contributed by atoms with van der Waals surface area (Å²) in [7, 11) is 3.41. The molecule has 146 valence electrons. The summed E-state index contributed by atoms with van der Waals surface area (Å²) in [6, 6.07) is 0. The molecular weight excluding hydrogens is 322 g/mol. The molecular formula is C17H35N5O3. The lowest BCUT2D eigenvalue weighted by molar-refractivity contribution is -0.127. The Morgan fingerprint density at radius 2 is 1.56 bits per heavy atom. The third-order valence-electron chi connectivity index (χ3n) is 3.01. The van der Waals surface area contributed by atoms with Crippen LogP contribution in [-0.4, -0.2) is 68.7 Å². The zero-order chi connectivity index (χ0) is 19.3. The minimum atomic E-state index is -0.496. The van der Waals surface area contributed by atoms with Gasteiger partial charge in [0.05, 0.1) is 0 Å². The van der Waals surface area contributed by atoms with Crippen molar-refractivity contribution in [1.29, 1.82) is 0 Å². The quantitative estimate of drug-likeness (QED) is 0.329. The highest BCUT2D eigenvalue weighted by Crippen LogP contribution is 2.06. The number of guanidine groups is 1. The molecule has 0 atom stereocenters. The van der Waals surface area contributed by atoms with Crippen LogP contribution in [0.5, 0.6) is 0 Å². The Morgan fingerprint density at radius 1 is 1.00 bits per heavy atom. The zero-order valence-corrected chi connectivity index (χ0v) is 16.6. The highest BCUT2D eigenvalue weighted by atomic mass is 16.6. The fraction of sp³-hybridized carbons (Fsp3) is 0.824. The number of carbonyl (C=O) groups is 2. The predicted octanol–water partition coefficient (Wildman–Crippen LogP) is 1.32. The van der Waals surface area contributed by atoms with Gasteiger partial charge in [-0.1, -0.05) is 13.3 Å². The van der Waals surface area contributed by atoms with Crippen molar-refractivity contribution in [2.45, 2.75) is 52.6 Å². The van der Waals surface area contributed by atoms with Crippen LogP contribution in [0.15, 0.2) is 4.99 Å². The number of alkyl carbamates (subject to hydrolysis) is 1. The van der Waals surface area contributed by atoms with Crippen LogP contribution >= 0.6 is 0 Å². The summed E-state index contributed by atoms with van der Waals surface area (Å²) in [6.45, 7) is 9.63. The van der Waals surface area contributed by atoms with Crippen molar-refractivity contribution in [3.63, 3.8) is 0 Å². The molecule has 3 N–H and O–H groups in total. The fourth-order valence-electron chi connectivity index (χ4n) is 1.65. The number of carbonyl (C=O) groups excluding carboxylic acids is 2. The molecule has 0 rings (SSSR count). The van der Waals surface area contributed by atoms with Gasteiger partial charge in [0, 0.05) is 33.7 Å². The average Bonchev–Trinajstić information content (AvgIpc) is 2.49. The molecule has 8 heteroatoms. The van der Waals surface area contributed by atoms with Gasteiger partial charge in [-0.3, -0.25) is 4.79 Å². The number of aliphatic imine (C=N–C) groups is 1. The number of likely N-dealkylation sites (N-methyl/N-ethyl adjacent to an activating group) is 1. The summed E-state index contributed by atoms with van der Waals surface area (Å²) in [6.07, 6.45) is 2.41. The van der Waals surface area contributed by atoms with E-state index in [2.05, 4.69) is 27.9 Å². The van der Waals surface area contributed by atoms with Crippen LogP contribution in [0.1, 0.15) is 47.0 Å². The monoisotopic (exact) mass is 357 g/mol. The molecule has 2 amide bonds. The molecule has 0 aliphatic carbocycles. The van der Waals surface area contributed by atoms with Crippen molar-refractivity contribution < 1.29 is 14.3 Å². The molecule has 0 heterocycles. The Morgan fingerprint density at radius 3 is 2.08 bits per heavy atom. The minimum Gasteiger partial charge on any atom is -0.444 e. The molecule has 0 aromatic rings. The van der Waals surface area contributed by atoms with Gasteiger partial charge in [0.15, 0.2) is 5.96 Å². The van der Waals surface area contributed by atoms with Gasteiger partial charge in [-0.05, 0) is 33.6 Å². The molecule has 0 unspecified atom stereocenters. The Labute approximate surface area is 151 Å². The minimum absolute atomic E-state index is 0.0526. The molecule has 0 aromatic carbocycles. The van der Waals surface area contributed by atoms with Gasteiger partial charge in [0.2, 0.25) is 5.91 Å². The topological polar surface area (TPSA) is 95.1 Å². The Balaban J connectivity index is 4.18. The van der Waals surface area contributed by atoms with E-state index in [0.717, 1.165) is 25.8 Å². The van der Waals surface area contributed by atoms with E-state index in [1.807, 2.05) is 20.8 Å². The molecule has 0 saturated carbocycles. The highest BCUT2D eigenvalue weighted by Gasteiger charge is 2.15. The van der Waals surface area contributed by atoms with Crippen LogP contribution in [0.4, 0.5) is 4.79 Å². The SMILES string of the molecule is CCCCNC(=NCC(=O)N(C)C)NCCCNC(=O)OC(C)(C)C. The first-order valence-corrected chi connectivity index (χ1v) is 8.85. The number of nitrogens with zero attached hydrogens (tertiary/aromatic N) is 2. The number of rotatable bonds is 9. The van der Waals surface area contributed by atoms with E-state index < -0.39 is 11.7 Å². The second-order valence-corrected chi connectivity index (χ2v) is 6.94. The predicted molar refractivity (Wildman–Crippen MR) is 101 cm³/mol. The maximum absolute atomic E-state index is 11.6. The fourth-order valence-corrected chi connectivity index (χ4v) is 1.65. The Kier molecular flexibility index (Phi) is 11.4. The van der Waals surface area contributed by atoms with E-state index in [1.165, 1.54) is 4.90 Å². The van der Waals surface area contributed by atoms with Crippen molar-refractivity contribution in [3.05, 3.63) is 0 Å². The van der Waals surface area contributed by atoms with E-state index in [1.54, 1.807) is 14.1 Å². The number of hydrogen-bond donors (Lipinski definition) is 3. The summed E-state index contributed by atoms with van der Waals surface area (Å²) in [5, 5.41) is 9.08. The Hall–Kier alpha value is -1.99. The lowest BCUT2D eigenvalue weighted by Crippen LogP contribution is -2.40. The van der Waals surface area contributed by atoms with Gasteiger partial charge < -0.3 is 25.6 Å². The van der Waals surface area contributed by atoms with Crippen LogP contribution in [0.2, 0.25) is 0 Å². The molecule has 0 fully saturated rings. The summed E-state index contributed by atoms with van der Waals surface area (Å²) >= 11 is 0. The normalized spacial score (nSPS) is 11.7. The van der Waals surface area contributed by atoms with E-state index in [9.17, 15) is 9.59 Å². The molecule has 0 aromatic heterocycles. The van der Waals surface area contributed by atoms with Crippen molar-refractivity contribution in [3.8, 4) is 0 Å². The van der Waals surface area contributed by atoms with Crippen LogP contribution in [0, 0.1) is 0 Å². The van der Waals surface area contributed by atoms with Gasteiger partial charge in [-0.25, -0.2) is 9.79 Å². The summed E-state index contributed by atoms with van der Waals surface area (Å²) < 4.78 is 5.17. The smallest absolute Gasteiger partial charge is 0.407 e. The van der Waals surface area contributed by atoms with Gasteiger partial charge in [0.1, 0.15) is 12.1 Å². The first-order chi connectivity index (χ1) is 11.7. The van der Waals surface area contributed by atoms with E-state index in [4.69, 9.17) is 4.74 Å². The number of nitrogens with one attached hydrogen (secondary N) is 3. The molecule has 0 spiro atoms.